The molecule has 1 saturated heterocycles. The molecule has 1 atom stereocenters. The van der Waals surface area contributed by atoms with E-state index in [4.69, 9.17) is 28.4 Å². The number of carbonyl (C=O) groups is 2. The summed E-state index contributed by atoms with van der Waals surface area (Å²) < 4.78 is 33.5. The van der Waals surface area contributed by atoms with Crippen molar-refractivity contribution in [2.24, 2.45) is 5.41 Å². The Balaban J connectivity index is 1.43. The van der Waals surface area contributed by atoms with E-state index >= 15 is 0 Å². The highest BCUT2D eigenvalue weighted by Gasteiger charge is 2.53. The minimum absolute atomic E-state index is 0.169. The smallest absolute Gasteiger partial charge is 0.338 e. The zero-order valence-corrected chi connectivity index (χ0v) is 18.7. The molecule has 2 fully saturated rings. The SMILES string of the molecule is COc1ccc(-c2ccc3c(c2)COC3=O)c(OCC2(C(=O)O[C@@H]3CCOC3)CC2)c1OC. The minimum atomic E-state index is -0.661. The zero-order valence-electron chi connectivity index (χ0n) is 18.7. The maximum absolute atomic E-state index is 12.8. The molecule has 3 aliphatic rings. The van der Waals surface area contributed by atoms with Gasteiger partial charge in [0.15, 0.2) is 11.5 Å². The van der Waals surface area contributed by atoms with Crippen molar-refractivity contribution >= 4 is 11.9 Å². The van der Waals surface area contributed by atoms with Crippen LogP contribution in [0.1, 0.15) is 35.2 Å². The Kier molecular flexibility index (Phi) is 5.62. The number of esters is 2. The fourth-order valence-electron chi connectivity index (χ4n) is 4.22. The van der Waals surface area contributed by atoms with Gasteiger partial charge in [-0.1, -0.05) is 6.07 Å². The Bertz CT molecular complexity index is 1080. The lowest BCUT2D eigenvalue weighted by molar-refractivity contribution is -0.157. The van der Waals surface area contributed by atoms with E-state index in [1.807, 2.05) is 18.2 Å². The Morgan fingerprint density at radius 2 is 1.91 bits per heavy atom. The fraction of sp³-hybridized carbons (Fsp3) is 0.440. The van der Waals surface area contributed by atoms with Crippen LogP contribution < -0.4 is 14.2 Å². The quantitative estimate of drug-likeness (QED) is 0.560. The first-order valence-electron chi connectivity index (χ1n) is 11.0. The van der Waals surface area contributed by atoms with Gasteiger partial charge in [-0.15, -0.1) is 0 Å². The number of cyclic esters (lactones) is 1. The monoisotopic (exact) mass is 454 g/mol. The molecule has 0 spiro atoms. The lowest BCUT2D eigenvalue weighted by atomic mass is 9.99. The highest BCUT2D eigenvalue weighted by Crippen LogP contribution is 2.50. The first-order valence-corrected chi connectivity index (χ1v) is 11.0. The Morgan fingerprint density at radius 1 is 1.09 bits per heavy atom. The van der Waals surface area contributed by atoms with E-state index in [1.165, 1.54) is 0 Å². The van der Waals surface area contributed by atoms with Crippen LogP contribution in [-0.2, 0) is 25.6 Å². The zero-order chi connectivity index (χ0) is 23.0. The van der Waals surface area contributed by atoms with Crippen molar-refractivity contribution in [2.45, 2.75) is 32.0 Å². The largest absolute Gasteiger partial charge is 0.493 e. The van der Waals surface area contributed by atoms with Gasteiger partial charge in [0.05, 0.1) is 33.0 Å². The van der Waals surface area contributed by atoms with E-state index in [2.05, 4.69) is 0 Å². The van der Waals surface area contributed by atoms with Crippen molar-refractivity contribution in [1.29, 1.82) is 0 Å². The fourth-order valence-corrected chi connectivity index (χ4v) is 4.22. The van der Waals surface area contributed by atoms with Crippen molar-refractivity contribution in [1.82, 2.24) is 0 Å². The van der Waals surface area contributed by atoms with Crippen LogP contribution in [0.4, 0.5) is 0 Å². The number of carbonyl (C=O) groups excluding carboxylic acids is 2. The molecule has 2 aromatic carbocycles. The van der Waals surface area contributed by atoms with Crippen LogP contribution in [0.15, 0.2) is 30.3 Å². The first kappa shape index (κ1) is 21.6. The molecular weight excluding hydrogens is 428 g/mol. The first-order chi connectivity index (χ1) is 16.0. The van der Waals surface area contributed by atoms with Crippen LogP contribution in [0.3, 0.4) is 0 Å². The van der Waals surface area contributed by atoms with Crippen molar-refractivity contribution in [3.63, 3.8) is 0 Å². The predicted molar refractivity (Wildman–Crippen MR) is 117 cm³/mol. The lowest BCUT2D eigenvalue weighted by Gasteiger charge is -2.21. The summed E-state index contributed by atoms with van der Waals surface area (Å²) in [6.45, 7) is 1.47. The van der Waals surface area contributed by atoms with Gasteiger partial charge in [-0.2, -0.15) is 0 Å². The van der Waals surface area contributed by atoms with Gasteiger partial charge in [-0.3, -0.25) is 4.79 Å². The van der Waals surface area contributed by atoms with Gasteiger partial charge in [-0.25, -0.2) is 4.79 Å². The highest BCUT2D eigenvalue weighted by atomic mass is 16.6. The van der Waals surface area contributed by atoms with Gasteiger partial charge >= 0.3 is 11.9 Å². The standard InChI is InChI=1S/C25H26O8/c1-28-20-6-5-18(15-3-4-19-16(11-15)12-31-23(19)26)21(22(20)29-2)32-14-25(8-9-25)24(27)33-17-7-10-30-13-17/h3-6,11,17H,7-10,12-14H2,1-2H3/t17-/m1/s1. The summed E-state index contributed by atoms with van der Waals surface area (Å²) in [6.07, 6.45) is 1.95. The Morgan fingerprint density at radius 3 is 2.61 bits per heavy atom. The molecule has 174 valence electrons. The molecule has 1 aliphatic carbocycles. The van der Waals surface area contributed by atoms with Crippen LogP contribution in [0.25, 0.3) is 11.1 Å². The second-order valence-corrected chi connectivity index (χ2v) is 8.59. The summed E-state index contributed by atoms with van der Waals surface area (Å²) in [5.41, 5.74) is 2.34. The van der Waals surface area contributed by atoms with Gasteiger partial charge in [0.25, 0.3) is 0 Å². The predicted octanol–water partition coefficient (Wildman–Crippen LogP) is 3.53. The van der Waals surface area contributed by atoms with Crippen molar-refractivity contribution in [3.8, 4) is 28.4 Å². The third kappa shape index (κ3) is 3.99. The Hall–Kier alpha value is -3.26. The summed E-state index contributed by atoms with van der Waals surface area (Å²) in [7, 11) is 3.11. The summed E-state index contributed by atoms with van der Waals surface area (Å²) in [5, 5.41) is 0. The molecule has 0 amide bonds. The van der Waals surface area contributed by atoms with E-state index in [1.54, 1.807) is 26.4 Å². The summed E-state index contributed by atoms with van der Waals surface area (Å²) in [4.78, 5) is 24.7. The van der Waals surface area contributed by atoms with Crippen molar-refractivity contribution < 1.29 is 38.0 Å². The molecule has 0 radical (unpaired) electrons. The van der Waals surface area contributed by atoms with E-state index in [0.29, 0.717) is 48.9 Å². The van der Waals surface area contributed by atoms with Gasteiger partial charge in [0.2, 0.25) is 5.75 Å². The molecule has 1 saturated carbocycles. The number of fused-ring (bicyclic) bond motifs is 1. The molecule has 0 aromatic heterocycles. The van der Waals surface area contributed by atoms with E-state index < -0.39 is 5.41 Å². The topological polar surface area (TPSA) is 89.5 Å². The van der Waals surface area contributed by atoms with Crippen LogP contribution in [0.2, 0.25) is 0 Å². The van der Waals surface area contributed by atoms with Crippen LogP contribution in [0.5, 0.6) is 17.2 Å². The number of rotatable bonds is 8. The maximum atomic E-state index is 12.8. The van der Waals surface area contributed by atoms with Crippen LogP contribution >= 0.6 is 0 Å². The van der Waals surface area contributed by atoms with E-state index in [0.717, 1.165) is 23.1 Å². The normalized spacial score (nSPS) is 20.1. The Labute approximate surface area is 191 Å². The molecule has 2 aromatic rings. The van der Waals surface area contributed by atoms with Gasteiger partial charge in [0.1, 0.15) is 24.7 Å². The van der Waals surface area contributed by atoms with Crippen molar-refractivity contribution in [2.75, 3.05) is 34.0 Å². The minimum Gasteiger partial charge on any atom is -0.493 e. The molecular formula is C25H26O8. The number of ether oxygens (including phenoxy) is 6. The average molecular weight is 454 g/mol. The number of methoxy groups -OCH3 is 2. The number of hydrogen-bond donors (Lipinski definition) is 0. The lowest BCUT2D eigenvalue weighted by Crippen LogP contribution is -2.30. The molecule has 2 heterocycles. The third-order valence-electron chi connectivity index (χ3n) is 6.44. The summed E-state index contributed by atoms with van der Waals surface area (Å²) in [5.74, 6) is 0.879. The summed E-state index contributed by atoms with van der Waals surface area (Å²) in [6, 6.07) is 9.20. The van der Waals surface area contributed by atoms with Gasteiger partial charge < -0.3 is 28.4 Å². The van der Waals surface area contributed by atoms with Gasteiger partial charge in [-0.05, 0) is 42.7 Å². The van der Waals surface area contributed by atoms with Crippen LogP contribution in [0, 0.1) is 5.41 Å². The average Bonchev–Trinajstić information content (AvgIpc) is 3.29. The summed E-state index contributed by atoms with van der Waals surface area (Å²) >= 11 is 0. The molecule has 5 rings (SSSR count). The maximum Gasteiger partial charge on any atom is 0.338 e. The van der Waals surface area contributed by atoms with E-state index in [9.17, 15) is 9.59 Å². The molecule has 0 bridgehead atoms. The third-order valence-corrected chi connectivity index (χ3v) is 6.44. The second-order valence-electron chi connectivity index (χ2n) is 8.59. The van der Waals surface area contributed by atoms with E-state index in [-0.39, 0.29) is 31.3 Å². The number of benzene rings is 2. The number of hydrogen-bond acceptors (Lipinski definition) is 8. The van der Waals surface area contributed by atoms with Crippen molar-refractivity contribution in [3.05, 3.63) is 41.5 Å². The molecule has 0 N–H and O–H groups in total. The molecule has 2 aliphatic heterocycles. The van der Waals surface area contributed by atoms with Gasteiger partial charge in [0, 0.05) is 17.5 Å². The molecule has 8 nitrogen and oxygen atoms in total. The second kappa shape index (κ2) is 8.59. The highest BCUT2D eigenvalue weighted by molar-refractivity contribution is 5.94. The molecule has 33 heavy (non-hydrogen) atoms. The molecule has 8 heteroatoms. The van der Waals surface area contributed by atoms with Crippen LogP contribution in [-0.4, -0.2) is 52.1 Å². The molecule has 0 unspecified atom stereocenters.